The molecule has 5 heteroatoms. The van der Waals surface area contributed by atoms with Gasteiger partial charge in [0, 0.05) is 6.04 Å². The third-order valence-corrected chi connectivity index (χ3v) is 3.55. The molecule has 0 bridgehead atoms. The standard InChI is InChI=1S/C15H18N4O/c1-11(12-7-8-12)17-15(20)18-13-9-16-19(10-13)14-5-3-2-4-6-14/h2-6,9-12H,7-8H2,1H3,(H2,17,18,20). The normalized spacial score (nSPS) is 15.7. The van der Waals surface area contributed by atoms with E-state index >= 15 is 0 Å². The van der Waals surface area contributed by atoms with Gasteiger partial charge in [0.2, 0.25) is 0 Å². The first-order chi connectivity index (χ1) is 9.72. The minimum Gasteiger partial charge on any atom is -0.335 e. The Kier molecular flexibility index (Phi) is 3.41. The number of aromatic nitrogens is 2. The van der Waals surface area contributed by atoms with Crippen molar-refractivity contribution < 1.29 is 4.79 Å². The van der Waals surface area contributed by atoms with Crippen LogP contribution in [0.2, 0.25) is 0 Å². The minimum atomic E-state index is -0.169. The molecule has 1 fully saturated rings. The van der Waals surface area contributed by atoms with Gasteiger partial charge in [0.25, 0.3) is 0 Å². The van der Waals surface area contributed by atoms with E-state index in [-0.39, 0.29) is 12.1 Å². The van der Waals surface area contributed by atoms with Gasteiger partial charge in [0.05, 0.1) is 23.8 Å². The van der Waals surface area contributed by atoms with E-state index < -0.39 is 0 Å². The number of para-hydroxylation sites is 1. The number of amides is 2. The van der Waals surface area contributed by atoms with Crippen LogP contribution < -0.4 is 10.6 Å². The number of rotatable bonds is 4. The van der Waals surface area contributed by atoms with Gasteiger partial charge in [-0.1, -0.05) is 18.2 Å². The lowest BCUT2D eigenvalue weighted by atomic mass is 10.2. The first kappa shape index (κ1) is 12.7. The molecule has 2 N–H and O–H groups in total. The number of hydrogen-bond donors (Lipinski definition) is 2. The minimum absolute atomic E-state index is 0.169. The number of anilines is 1. The molecule has 2 aromatic rings. The molecule has 20 heavy (non-hydrogen) atoms. The molecule has 1 aromatic carbocycles. The van der Waals surface area contributed by atoms with Crippen molar-refractivity contribution in [1.29, 1.82) is 0 Å². The number of hydrogen-bond acceptors (Lipinski definition) is 2. The Hall–Kier alpha value is -2.30. The summed E-state index contributed by atoms with van der Waals surface area (Å²) in [5.74, 6) is 0.646. The van der Waals surface area contributed by atoms with Crippen molar-refractivity contribution in [2.24, 2.45) is 5.92 Å². The summed E-state index contributed by atoms with van der Waals surface area (Å²) in [4.78, 5) is 11.8. The lowest BCUT2D eigenvalue weighted by molar-refractivity contribution is 0.248. The Balaban J connectivity index is 1.61. The predicted octanol–water partition coefficient (Wildman–Crippen LogP) is 2.79. The Bertz CT molecular complexity index is 589. The van der Waals surface area contributed by atoms with E-state index in [4.69, 9.17) is 0 Å². The van der Waals surface area contributed by atoms with Crippen LogP contribution in [0.15, 0.2) is 42.7 Å². The van der Waals surface area contributed by atoms with Crippen LogP contribution in [0.4, 0.5) is 10.5 Å². The Morgan fingerprint density at radius 3 is 2.80 bits per heavy atom. The van der Waals surface area contributed by atoms with Gasteiger partial charge in [-0.3, -0.25) is 0 Å². The summed E-state index contributed by atoms with van der Waals surface area (Å²) in [6, 6.07) is 9.86. The third kappa shape index (κ3) is 2.99. The maximum absolute atomic E-state index is 11.8. The molecule has 1 aromatic heterocycles. The number of nitrogens with one attached hydrogen (secondary N) is 2. The van der Waals surface area contributed by atoms with Crippen molar-refractivity contribution in [2.45, 2.75) is 25.8 Å². The van der Waals surface area contributed by atoms with Crippen molar-refractivity contribution in [1.82, 2.24) is 15.1 Å². The molecular weight excluding hydrogens is 252 g/mol. The highest BCUT2D eigenvalue weighted by Crippen LogP contribution is 2.32. The van der Waals surface area contributed by atoms with E-state index in [1.807, 2.05) is 37.3 Å². The summed E-state index contributed by atoms with van der Waals surface area (Å²) < 4.78 is 1.74. The highest BCUT2D eigenvalue weighted by molar-refractivity contribution is 5.89. The van der Waals surface area contributed by atoms with Crippen LogP contribution in [0, 0.1) is 5.92 Å². The Labute approximate surface area is 118 Å². The zero-order valence-corrected chi connectivity index (χ0v) is 11.4. The second-order valence-corrected chi connectivity index (χ2v) is 5.23. The molecule has 0 aliphatic heterocycles. The van der Waals surface area contributed by atoms with Gasteiger partial charge >= 0.3 is 6.03 Å². The van der Waals surface area contributed by atoms with Crippen LogP contribution in [0.3, 0.4) is 0 Å². The van der Waals surface area contributed by atoms with Gasteiger partial charge in [-0.15, -0.1) is 0 Å². The molecule has 1 atom stereocenters. The first-order valence-electron chi connectivity index (χ1n) is 6.90. The fraction of sp³-hybridized carbons (Fsp3) is 0.333. The van der Waals surface area contributed by atoms with Crippen molar-refractivity contribution in [3.63, 3.8) is 0 Å². The van der Waals surface area contributed by atoms with Gasteiger partial charge in [0.15, 0.2) is 0 Å². The summed E-state index contributed by atoms with van der Waals surface area (Å²) in [5, 5.41) is 10.0. The van der Waals surface area contributed by atoms with Crippen molar-refractivity contribution in [3.05, 3.63) is 42.7 Å². The summed E-state index contributed by atoms with van der Waals surface area (Å²) >= 11 is 0. The van der Waals surface area contributed by atoms with Gasteiger partial charge in [-0.25, -0.2) is 9.48 Å². The van der Waals surface area contributed by atoms with Gasteiger partial charge in [-0.2, -0.15) is 5.10 Å². The van der Waals surface area contributed by atoms with E-state index in [9.17, 15) is 4.79 Å². The number of urea groups is 1. The average molecular weight is 270 g/mol. The average Bonchev–Trinajstić information content (AvgIpc) is 3.21. The fourth-order valence-electron chi connectivity index (χ4n) is 2.20. The zero-order valence-electron chi connectivity index (χ0n) is 11.4. The third-order valence-electron chi connectivity index (χ3n) is 3.55. The van der Waals surface area contributed by atoms with E-state index in [0.29, 0.717) is 11.6 Å². The number of nitrogens with zero attached hydrogens (tertiary/aromatic N) is 2. The lowest BCUT2D eigenvalue weighted by Gasteiger charge is -2.12. The lowest BCUT2D eigenvalue weighted by Crippen LogP contribution is -2.37. The van der Waals surface area contributed by atoms with Gasteiger partial charge in [-0.05, 0) is 37.8 Å². The number of benzene rings is 1. The number of carbonyl (C=O) groups excluding carboxylic acids is 1. The van der Waals surface area contributed by atoms with Crippen molar-refractivity contribution in [2.75, 3.05) is 5.32 Å². The van der Waals surface area contributed by atoms with E-state index in [0.717, 1.165) is 5.69 Å². The van der Waals surface area contributed by atoms with Gasteiger partial charge < -0.3 is 10.6 Å². The van der Waals surface area contributed by atoms with E-state index in [2.05, 4.69) is 15.7 Å². The largest absolute Gasteiger partial charge is 0.335 e. The molecule has 1 unspecified atom stereocenters. The second-order valence-electron chi connectivity index (χ2n) is 5.23. The Morgan fingerprint density at radius 2 is 2.10 bits per heavy atom. The van der Waals surface area contributed by atoms with Crippen LogP contribution in [0.25, 0.3) is 5.69 Å². The molecular formula is C15H18N4O. The molecule has 5 nitrogen and oxygen atoms in total. The van der Waals surface area contributed by atoms with E-state index in [1.54, 1.807) is 17.1 Å². The molecule has 0 radical (unpaired) electrons. The maximum Gasteiger partial charge on any atom is 0.319 e. The molecule has 2 amide bonds. The summed E-state index contributed by atoms with van der Waals surface area (Å²) in [6.07, 6.45) is 5.88. The SMILES string of the molecule is CC(NC(=O)Nc1cnn(-c2ccccc2)c1)C1CC1. The summed E-state index contributed by atoms with van der Waals surface area (Å²) in [5.41, 5.74) is 1.65. The fourth-order valence-corrected chi connectivity index (χ4v) is 2.20. The molecule has 1 aliphatic rings. The van der Waals surface area contributed by atoms with Crippen LogP contribution >= 0.6 is 0 Å². The van der Waals surface area contributed by atoms with Gasteiger partial charge in [0.1, 0.15) is 0 Å². The van der Waals surface area contributed by atoms with Crippen molar-refractivity contribution in [3.8, 4) is 5.69 Å². The summed E-state index contributed by atoms with van der Waals surface area (Å²) in [6.45, 7) is 2.05. The highest BCUT2D eigenvalue weighted by atomic mass is 16.2. The van der Waals surface area contributed by atoms with Crippen molar-refractivity contribution >= 4 is 11.7 Å². The molecule has 3 rings (SSSR count). The quantitative estimate of drug-likeness (QED) is 0.897. The van der Waals surface area contributed by atoms with Crippen LogP contribution in [0.5, 0.6) is 0 Å². The monoisotopic (exact) mass is 270 g/mol. The molecule has 1 heterocycles. The zero-order chi connectivity index (χ0) is 13.9. The molecule has 0 spiro atoms. The summed E-state index contributed by atoms with van der Waals surface area (Å²) in [7, 11) is 0. The molecule has 1 saturated carbocycles. The van der Waals surface area contributed by atoms with Crippen LogP contribution in [-0.2, 0) is 0 Å². The van der Waals surface area contributed by atoms with Crippen LogP contribution in [0.1, 0.15) is 19.8 Å². The molecule has 0 saturated heterocycles. The Morgan fingerprint density at radius 1 is 1.35 bits per heavy atom. The number of carbonyl (C=O) groups is 1. The first-order valence-corrected chi connectivity index (χ1v) is 6.90. The predicted molar refractivity (Wildman–Crippen MR) is 77.9 cm³/mol. The van der Waals surface area contributed by atoms with E-state index in [1.165, 1.54) is 12.8 Å². The maximum atomic E-state index is 11.8. The second kappa shape index (κ2) is 5.36. The molecule has 104 valence electrons. The highest BCUT2D eigenvalue weighted by Gasteiger charge is 2.28. The smallest absolute Gasteiger partial charge is 0.319 e. The topological polar surface area (TPSA) is 59.0 Å². The molecule has 1 aliphatic carbocycles. The van der Waals surface area contributed by atoms with Crippen LogP contribution in [-0.4, -0.2) is 21.9 Å².